The van der Waals surface area contributed by atoms with Crippen LogP contribution in [0.25, 0.3) is 22.6 Å². The standard InChI is InChI=1S/C22H15F3N2O2/c23-22(24,25)17-10-8-14(9-11-17)19-18(20(28)16-7-4-12-26-13-16)21(29-27-19)15-5-2-1-3-6-15/h1-13,20,28H. The van der Waals surface area contributed by atoms with Crippen molar-refractivity contribution in [2.45, 2.75) is 12.3 Å². The van der Waals surface area contributed by atoms with Gasteiger partial charge >= 0.3 is 6.18 Å². The molecule has 0 amide bonds. The zero-order valence-electron chi connectivity index (χ0n) is 15.0. The van der Waals surface area contributed by atoms with Crippen LogP contribution in [0.15, 0.2) is 83.6 Å². The molecule has 0 fully saturated rings. The normalized spacial score (nSPS) is 12.7. The molecule has 0 aliphatic heterocycles. The van der Waals surface area contributed by atoms with Crippen LogP contribution in [0.2, 0.25) is 0 Å². The molecule has 1 unspecified atom stereocenters. The van der Waals surface area contributed by atoms with E-state index < -0.39 is 17.8 Å². The monoisotopic (exact) mass is 396 g/mol. The minimum absolute atomic E-state index is 0.272. The fraction of sp³-hybridized carbons (Fsp3) is 0.0909. The van der Waals surface area contributed by atoms with Gasteiger partial charge < -0.3 is 9.63 Å². The summed E-state index contributed by atoms with van der Waals surface area (Å²) >= 11 is 0. The van der Waals surface area contributed by atoms with Gasteiger partial charge in [0, 0.05) is 29.1 Å². The van der Waals surface area contributed by atoms with Gasteiger partial charge in [-0.25, -0.2) is 0 Å². The maximum Gasteiger partial charge on any atom is 0.416 e. The highest BCUT2D eigenvalue weighted by Gasteiger charge is 2.31. The minimum Gasteiger partial charge on any atom is -0.383 e. The van der Waals surface area contributed by atoms with Gasteiger partial charge in [-0.2, -0.15) is 13.2 Å². The lowest BCUT2D eigenvalue weighted by Gasteiger charge is -2.13. The predicted molar refractivity (Wildman–Crippen MR) is 101 cm³/mol. The van der Waals surface area contributed by atoms with Crippen LogP contribution in [-0.2, 0) is 6.18 Å². The van der Waals surface area contributed by atoms with Gasteiger partial charge in [0.2, 0.25) is 0 Å². The summed E-state index contributed by atoms with van der Waals surface area (Å²) in [5.74, 6) is 0.344. The summed E-state index contributed by atoms with van der Waals surface area (Å²) in [5.41, 5.74) is 1.49. The van der Waals surface area contributed by atoms with Crippen LogP contribution < -0.4 is 0 Å². The van der Waals surface area contributed by atoms with Crippen molar-refractivity contribution in [3.8, 4) is 22.6 Å². The Kier molecular flexibility index (Phi) is 4.90. The summed E-state index contributed by atoms with van der Waals surface area (Å²) in [4.78, 5) is 4.02. The van der Waals surface area contributed by atoms with Gasteiger partial charge in [-0.15, -0.1) is 0 Å². The Labute approximate surface area is 164 Å². The first-order valence-corrected chi connectivity index (χ1v) is 8.76. The minimum atomic E-state index is -4.43. The topological polar surface area (TPSA) is 59.2 Å². The summed E-state index contributed by atoms with van der Waals surface area (Å²) in [5, 5.41) is 15.1. The maximum absolute atomic E-state index is 12.9. The Morgan fingerprint density at radius 3 is 2.21 bits per heavy atom. The van der Waals surface area contributed by atoms with Crippen LogP contribution in [-0.4, -0.2) is 15.2 Å². The first-order valence-electron chi connectivity index (χ1n) is 8.76. The highest BCUT2D eigenvalue weighted by molar-refractivity contribution is 5.74. The lowest BCUT2D eigenvalue weighted by molar-refractivity contribution is -0.137. The maximum atomic E-state index is 12.9. The molecular weight excluding hydrogens is 381 g/mol. The molecule has 0 saturated heterocycles. The summed E-state index contributed by atoms with van der Waals surface area (Å²) < 4.78 is 44.2. The number of aliphatic hydroxyl groups is 1. The van der Waals surface area contributed by atoms with E-state index in [1.165, 1.54) is 18.3 Å². The van der Waals surface area contributed by atoms with Crippen LogP contribution in [0.1, 0.15) is 22.8 Å². The Morgan fingerprint density at radius 2 is 1.59 bits per heavy atom. The second-order valence-corrected chi connectivity index (χ2v) is 6.40. The Bertz CT molecular complexity index is 1090. The van der Waals surface area contributed by atoms with E-state index in [4.69, 9.17) is 4.52 Å². The van der Waals surface area contributed by atoms with E-state index in [1.54, 1.807) is 30.5 Å². The molecule has 4 nitrogen and oxygen atoms in total. The predicted octanol–water partition coefficient (Wildman–Crippen LogP) is 5.50. The molecule has 2 heterocycles. The van der Waals surface area contributed by atoms with Crippen molar-refractivity contribution in [1.82, 2.24) is 10.1 Å². The molecule has 0 aliphatic rings. The molecule has 0 radical (unpaired) electrons. The number of halogens is 3. The van der Waals surface area contributed by atoms with E-state index in [2.05, 4.69) is 10.1 Å². The zero-order valence-corrected chi connectivity index (χ0v) is 15.0. The van der Waals surface area contributed by atoms with Crippen molar-refractivity contribution in [1.29, 1.82) is 0 Å². The number of aromatic nitrogens is 2. The van der Waals surface area contributed by atoms with Crippen molar-refractivity contribution >= 4 is 0 Å². The first kappa shape index (κ1) is 18.9. The molecule has 1 N–H and O–H groups in total. The fourth-order valence-electron chi connectivity index (χ4n) is 3.08. The van der Waals surface area contributed by atoms with E-state index >= 15 is 0 Å². The molecule has 0 aliphatic carbocycles. The number of alkyl halides is 3. The highest BCUT2D eigenvalue weighted by Crippen LogP contribution is 2.39. The number of hydrogen-bond donors (Lipinski definition) is 1. The number of benzene rings is 2. The SMILES string of the molecule is OC(c1cccnc1)c1c(-c2ccc(C(F)(F)F)cc2)noc1-c1ccccc1. The molecule has 146 valence electrons. The molecule has 2 aromatic carbocycles. The number of nitrogens with zero attached hydrogens (tertiary/aromatic N) is 2. The van der Waals surface area contributed by atoms with Gasteiger partial charge in [0.15, 0.2) is 5.76 Å². The largest absolute Gasteiger partial charge is 0.416 e. The molecule has 4 rings (SSSR count). The van der Waals surface area contributed by atoms with Gasteiger partial charge in [-0.3, -0.25) is 4.98 Å². The van der Waals surface area contributed by atoms with Gasteiger partial charge in [0.25, 0.3) is 0 Å². The van der Waals surface area contributed by atoms with E-state index in [9.17, 15) is 18.3 Å². The third-order valence-corrected chi connectivity index (χ3v) is 4.52. The third kappa shape index (κ3) is 3.77. The van der Waals surface area contributed by atoms with Crippen molar-refractivity contribution in [3.63, 3.8) is 0 Å². The Morgan fingerprint density at radius 1 is 0.862 bits per heavy atom. The summed E-state index contributed by atoms with van der Waals surface area (Å²) in [6.07, 6.45) is -2.46. The first-order chi connectivity index (χ1) is 13.9. The average Bonchev–Trinajstić information content (AvgIpc) is 3.19. The van der Waals surface area contributed by atoms with E-state index in [1.807, 2.05) is 18.2 Å². The molecule has 29 heavy (non-hydrogen) atoms. The highest BCUT2D eigenvalue weighted by atomic mass is 19.4. The molecule has 1 atom stereocenters. The molecule has 0 spiro atoms. The Balaban J connectivity index is 1.85. The molecule has 4 aromatic rings. The fourth-order valence-corrected chi connectivity index (χ4v) is 3.08. The summed E-state index contributed by atoms with van der Waals surface area (Å²) in [6.45, 7) is 0. The second-order valence-electron chi connectivity index (χ2n) is 6.40. The van der Waals surface area contributed by atoms with Crippen LogP contribution in [0.4, 0.5) is 13.2 Å². The van der Waals surface area contributed by atoms with Crippen molar-refractivity contribution < 1.29 is 22.8 Å². The molecule has 2 aromatic heterocycles. The van der Waals surface area contributed by atoms with Crippen molar-refractivity contribution in [3.05, 3.63) is 95.8 Å². The van der Waals surface area contributed by atoms with Gasteiger partial charge in [-0.05, 0) is 18.2 Å². The number of aliphatic hydroxyl groups excluding tert-OH is 1. The number of pyridine rings is 1. The van der Waals surface area contributed by atoms with Crippen LogP contribution in [0.3, 0.4) is 0 Å². The van der Waals surface area contributed by atoms with Crippen LogP contribution in [0, 0.1) is 0 Å². The number of rotatable bonds is 4. The van der Waals surface area contributed by atoms with Gasteiger partial charge in [0.05, 0.1) is 11.1 Å². The molecule has 0 saturated carbocycles. The quantitative estimate of drug-likeness (QED) is 0.495. The second kappa shape index (κ2) is 7.52. The van der Waals surface area contributed by atoms with E-state index in [-0.39, 0.29) is 5.69 Å². The molecule has 0 bridgehead atoms. The molecular formula is C22H15F3N2O2. The van der Waals surface area contributed by atoms with Crippen LogP contribution >= 0.6 is 0 Å². The van der Waals surface area contributed by atoms with E-state index in [0.717, 1.165) is 12.1 Å². The van der Waals surface area contributed by atoms with Gasteiger partial charge in [0.1, 0.15) is 11.8 Å². The lowest BCUT2D eigenvalue weighted by atomic mass is 9.94. The van der Waals surface area contributed by atoms with Crippen molar-refractivity contribution in [2.75, 3.05) is 0 Å². The summed E-state index contributed by atoms with van der Waals surface area (Å²) in [6, 6.07) is 17.1. The summed E-state index contributed by atoms with van der Waals surface area (Å²) in [7, 11) is 0. The zero-order chi connectivity index (χ0) is 20.4. The van der Waals surface area contributed by atoms with Crippen LogP contribution in [0.5, 0.6) is 0 Å². The average molecular weight is 396 g/mol. The molecule has 7 heteroatoms. The lowest BCUT2D eigenvalue weighted by Crippen LogP contribution is -2.05. The third-order valence-electron chi connectivity index (χ3n) is 4.52. The van der Waals surface area contributed by atoms with E-state index in [0.29, 0.717) is 28.0 Å². The van der Waals surface area contributed by atoms with Gasteiger partial charge in [-0.1, -0.05) is 53.7 Å². The smallest absolute Gasteiger partial charge is 0.383 e. The Hall–Kier alpha value is -3.45. The number of hydrogen-bond acceptors (Lipinski definition) is 4. The van der Waals surface area contributed by atoms with Crippen molar-refractivity contribution in [2.24, 2.45) is 0 Å².